The Morgan fingerprint density at radius 1 is 0.250 bits per heavy atom. The number of benzene rings is 8. The van der Waals surface area contributed by atoms with Crippen molar-refractivity contribution < 1.29 is 188 Å². The van der Waals surface area contributed by atoms with Gasteiger partial charge in [0.25, 0.3) is 0 Å². The van der Waals surface area contributed by atoms with Gasteiger partial charge in [-0.3, -0.25) is 0 Å². The van der Waals surface area contributed by atoms with Crippen LogP contribution in [0.2, 0.25) is 0 Å². The van der Waals surface area contributed by atoms with Crippen LogP contribution in [0.1, 0.15) is 22.3 Å². The summed E-state index contributed by atoms with van der Waals surface area (Å²) in [5.74, 6) is -41.1. The fourth-order valence-electron chi connectivity index (χ4n) is 7.88. The van der Waals surface area contributed by atoms with Crippen LogP contribution >= 0.6 is 0 Å². The summed E-state index contributed by atoms with van der Waals surface area (Å²) in [4.78, 5) is 7.78. The van der Waals surface area contributed by atoms with E-state index in [0.29, 0.717) is 0 Å². The predicted molar refractivity (Wildman–Crippen MR) is 324 cm³/mol. The third-order valence-corrected chi connectivity index (χ3v) is 23.6. The van der Waals surface area contributed by atoms with Crippen LogP contribution in [0.15, 0.2) is 223 Å². The van der Waals surface area contributed by atoms with Gasteiger partial charge in [0, 0.05) is 0 Å². The van der Waals surface area contributed by atoms with E-state index in [4.69, 9.17) is 9.47 Å². The second kappa shape index (κ2) is 32.9. The third kappa shape index (κ3) is 20.0. The van der Waals surface area contributed by atoms with Crippen LogP contribution in [-0.4, -0.2) is 109 Å². The zero-order chi connectivity index (χ0) is 82.6. The minimum absolute atomic E-state index is 0.196. The maximum Gasteiger partial charge on any atom is 0.460 e. The summed E-state index contributed by atoms with van der Waals surface area (Å²) >= 11 is -0.350. The van der Waals surface area contributed by atoms with E-state index in [1.807, 2.05) is 0 Å². The quantitative estimate of drug-likeness (QED) is 0.0288. The van der Waals surface area contributed by atoms with Gasteiger partial charge in [-0.2, -0.15) is 119 Å². The molecule has 0 aliphatic carbocycles. The first-order valence-electron chi connectivity index (χ1n) is 28.5. The zero-order valence-corrected chi connectivity index (χ0v) is 59.8. The molecule has 0 saturated heterocycles. The Kier molecular flexibility index (Phi) is 27.8. The summed E-state index contributed by atoms with van der Waals surface area (Å²) in [7, 11) is -22.6. The monoisotopic (exact) mass is 1790 g/mol. The summed E-state index contributed by atoms with van der Waals surface area (Å²) in [5.41, 5.74) is 5.08. The van der Waals surface area contributed by atoms with Gasteiger partial charge in [0.15, 0.2) is 66.9 Å². The fourth-order valence-corrected chi connectivity index (χ4v) is 15.5. The number of rotatable bonds is 21. The molecular formula is C64H44F27IO11S5. The first-order valence-corrected chi connectivity index (χ1v) is 37.3. The lowest BCUT2D eigenvalue weighted by molar-refractivity contribution is -0.597. The van der Waals surface area contributed by atoms with Gasteiger partial charge in [0.05, 0.1) is 21.8 Å². The highest BCUT2D eigenvalue weighted by atomic mass is 127. The van der Waals surface area contributed by atoms with Gasteiger partial charge in [0.1, 0.15) is 23.0 Å². The highest BCUT2D eigenvalue weighted by Gasteiger charge is 2.86. The number of ether oxygens (including phenoxy) is 2. The molecule has 0 bridgehead atoms. The summed E-state index contributed by atoms with van der Waals surface area (Å²) < 4.78 is 422. The first-order chi connectivity index (χ1) is 48.8. The average Bonchev–Trinajstić information content (AvgIpc) is 0.739. The second-order valence-corrected chi connectivity index (χ2v) is 33.2. The molecule has 8 rings (SSSR count). The average molecular weight is 1790 g/mol. The Hall–Kier alpha value is -7.37. The smallest absolute Gasteiger partial charge is 0.460 e. The SMILES string of the molecule is Cc1ccc([S+](c2ccc(C)cc2)c2ccc(Oc3ccc([I+]c4ccc(Oc5ccc([S+](c6ccc(C)cc6)c6ccc(C)cc6)cc5)cc4)cc3)cc2)cc1.O=S(=O)([O-])C(F)(F)C(F)(F)C(F)(F)C(F)(F)F.O=S(=O)([O-])C(F)(F)C(F)(F)C(F)(F)C(F)(F)F.O=S(=O)([O-])C(F)(F)C(F)(F)C(F)(F)C(F)(F)F. The Morgan fingerprint density at radius 2 is 0.398 bits per heavy atom. The molecule has 0 aliphatic heterocycles. The van der Waals surface area contributed by atoms with Crippen LogP contribution in [0.25, 0.3) is 0 Å². The van der Waals surface area contributed by atoms with Gasteiger partial charge in [-0.1, -0.05) is 70.8 Å². The van der Waals surface area contributed by atoms with Crippen molar-refractivity contribution in [3.63, 3.8) is 0 Å². The largest absolute Gasteiger partial charge is 0.743 e. The minimum Gasteiger partial charge on any atom is -0.743 e. The van der Waals surface area contributed by atoms with Crippen LogP contribution in [0, 0.1) is 34.8 Å². The van der Waals surface area contributed by atoms with Crippen LogP contribution in [-0.2, 0) is 52.1 Å². The van der Waals surface area contributed by atoms with Crippen molar-refractivity contribution in [3.05, 3.63) is 224 Å². The van der Waals surface area contributed by atoms with E-state index in [-0.39, 0.29) is 43.0 Å². The summed E-state index contributed by atoms with van der Waals surface area (Å²) in [6, 6.07) is 69.9. The molecule has 0 atom stereocenters. The molecule has 8 aromatic carbocycles. The van der Waals surface area contributed by atoms with E-state index in [0.717, 1.165) is 23.0 Å². The van der Waals surface area contributed by atoms with Gasteiger partial charge < -0.3 is 23.1 Å². The lowest BCUT2D eigenvalue weighted by atomic mass is 10.1. The summed E-state index contributed by atoms with van der Waals surface area (Å²) in [6.45, 7) is 8.54. The maximum absolute atomic E-state index is 12.2. The standard InChI is InChI=1S/C52H44IO2S2.3C4HF9O3S/c1-37-5-25-47(26-6-37)56(48-27-7-38(2)8-28-48)51-33-21-45(22-34-51)54-43-17-13-41(14-18-43)53-42-15-19-44(20-16-42)55-46-23-35-52(36-24-46)57(49-29-9-39(3)10-30-49)50-31-11-40(4)12-32-50;3*5-1(6,3(9,10)11)2(7,8)4(12,13)17(14,15)16/h5-36H,1-4H3;3*(H,14,15,16)/q+3;;;/p-3. The van der Waals surface area contributed by atoms with Gasteiger partial charge in [-0.15, -0.1) is 0 Å². The molecule has 0 unspecified atom stereocenters. The van der Waals surface area contributed by atoms with Gasteiger partial charge in [0.2, 0.25) is 0 Å². The molecule has 11 nitrogen and oxygen atoms in total. The number of alkyl halides is 27. The van der Waals surface area contributed by atoms with E-state index in [1.165, 1.54) is 58.8 Å². The van der Waals surface area contributed by atoms with E-state index in [2.05, 4.69) is 222 Å². The van der Waals surface area contributed by atoms with Crippen molar-refractivity contribution in [1.82, 2.24) is 0 Å². The van der Waals surface area contributed by atoms with Crippen LogP contribution in [0.5, 0.6) is 23.0 Å². The van der Waals surface area contributed by atoms with Gasteiger partial charge in [-0.05, 0) is 173 Å². The highest BCUT2D eigenvalue weighted by molar-refractivity contribution is 7.97. The third-order valence-electron chi connectivity index (χ3n) is 13.8. The molecule has 0 fully saturated rings. The molecule has 0 spiro atoms. The molecule has 0 radical (unpaired) electrons. The van der Waals surface area contributed by atoms with Gasteiger partial charge in [-0.25, -0.2) is 25.3 Å². The lowest BCUT2D eigenvalue weighted by Crippen LogP contribution is -3.61. The molecule has 0 heterocycles. The molecule has 0 N–H and O–H groups in total. The highest BCUT2D eigenvalue weighted by Crippen LogP contribution is 2.57. The number of aryl methyl sites for hydroxylation is 4. The molecule has 44 heteroatoms. The molecule has 0 saturated carbocycles. The molecule has 0 amide bonds. The van der Waals surface area contributed by atoms with Crippen molar-refractivity contribution in [2.45, 2.75) is 127 Å². The Labute approximate surface area is 610 Å². The molecule has 0 aliphatic rings. The van der Waals surface area contributed by atoms with Crippen molar-refractivity contribution >= 4 is 52.1 Å². The predicted octanol–water partition coefficient (Wildman–Crippen LogP) is 16.7. The van der Waals surface area contributed by atoms with E-state index >= 15 is 0 Å². The van der Waals surface area contributed by atoms with E-state index < -0.39 is 100 Å². The molecule has 108 heavy (non-hydrogen) atoms. The number of halogens is 28. The summed E-state index contributed by atoms with van der Waals surface area (Å²) in [5, 5.41) is -21.3. The summed E-state index contributed by atoms with van der Waals surface area (Å²) in [6.07, 6.45) is -21.5. The Morgan fingerprint density at radius 3 is 0.546 bits per heavy atom. The van der Waals surface area contributed by atoms with Crippen LogP contribution < -0.4 is 30.7 Å². The lowest BCUT2D eigenvalue weighted by Gasteiger charge is -2.34. The normalized spacial score (nSPS) is 13.5. The first kappa shape index (κ1) is 91.2. The number of hydrogen-bond donors (Lipinski definition) is 0. The fraction of sp³-hybridized carbons (Fsp3) is 0.250. The van der Waals surface area contributed by atoms with Crippen LogP contribution in [0.3, 0.4) is 0 Å². The van der Waals surface area contributed by atoms with Gasteiger partial charge >= 0.3 is 91.0 Å². The molecule has 8 aromatic rings. The van der Waals surface area contributed by atoms with Crippen molar-refractivity contribution in [3.8, 4) is 23.0 Å². The minimum atomic E-state index is -7.43. The Bertz CT molecular complexity index is 4240. The van der Waals surface area contributed by atoms with Crippen molar-refractivity contribution in [2.24, 2.45) is 0 Å². The molecular weight excluding hydrogens is 1740 g/mol. The Balaban J connectivity index is 0.000000333. The molecule has 592 valence electrons. The molecule has 0 aromatic heterocycles. The van der Waals surface area contributed by atoms with Crippen molar-refractivity contribution in [2.75, 3.05) is 0 Å². The maximum atomic E-state index is 12.2. The van der Waals surface area contributed by atoms with E-state index in [9.17, 15) is 157 Å². The zero-order valence-electron chi connectivity index (χ0n) is 53.6. The second-order valence-electron chi connectivity index (χ2n) is 21.9. The van der Waals surface area contributed by atoms with E-state index in [1.54, 1.807) is 0 Å². The van der Waals surface area contributed by atoms with Crippen LogP contribution in [0.4, 0.5) is 119 Å². The topological polar surface area (TPSA) is 190 Å². The van der Waals surface area contributed by atoms with Crippen molar-refractivity contribution in [1.29, 1.82) is 0 Å². The number of hydrogen-bond acceptors (Lipinski definition) is 11.